The van der Waals surface area contributed by atoms with Crippen LogP contribution >= 0.6 is 0 Å². The number of para-hydroxylation sites is 1. The summed E-state index contributed by atoms with van der Waals surface area (Å²) in [7, 11) is 0. The third-order valence-electron chi connectivity index (χ3n) is 2.85. The van der Waals surface area contributed by atoms with Gasteiger partial charge in [-0.15, -0.1) is 0 Å². The van der Waals surface area contributed by atoms with Crippen LogP contribution in [0.4, 0.5) is 0 Å². The minimum absolute atomic E-state index is 0.186. The zero-order valence-electron chi connectivity index (χ0n) is 9.06. The molecular weight excluding hydrogens is 186 g/mol. The lowest BCUT2D eigenvalue weighted by Crippen LogP contribution is -2.27. The zero-order valence-corrected chi connectivity index (χ0v) is 9.06. The fourth-order valence-corrected chi connectivity index (χ4v) is 1.66. The zero-order chi connectivity index (χ0) is 10.5. The van der Waals surface area contributed by atoms with Gasteiger partial charge in [-0.3, -0.25) is 0 Å². The molecule has 2 nitrogen and oxygen atoms in total. The molecule has 2 rings (SSSR count). The van der Waals surface area contributed by atoms with Gasteiger partial charge in [0.15, 0.2) is 0 Å². The molecule has 1 aliphatic rings. The van der Waals surface area contributed by atoms with Crippen LogP contribution in [0.2, 0.25) is 0 Å². The summed E-state index contributed by atoms with van der Waals surface area (Å²) >= 11 is 0. The fourth-order valence-electron chi connectivity index (χ4n) is 1.66. The van der Waals surface area contributed by atoms with E-state index >= 15 is 0 Å². The summed E-state index contributed by atoms with van der Waals surface area (Å²) in [5.74, 6) is 1.88. The molecule has 1 saturated carbocycles. The summed E-state index contributed by atoms with van der Waals surface area (Å²) in [6.07, 6.45) is 5.19. The van der Waals surface area contributed by atoms with E-state index in [1.54, 1.807) is 0 Å². The van der Waals surface area contributed by atoms with Crippen LogP contribution in [0.15, 0.2) is 30.3 Å². The smallest absolute Gasteiger partial charge is 0.119 e. The standard InChI is InChI=1S/C13H19NO/c14-12(9-8-11-6-7-11)10-15-13-4-2-1-3-5-13/h1-5,11-12H,6-10,14H2. The molecule has 2 heteroatoms. The van der Waals surface area contributed by atoms with E-state index in [1.165, 1.54) is 19.3 Å². The normalized spacial score (nSPS) is 17.4. The maximum atomic E-state index is 5.97. The van der Waals surface area contributed by atoms with Crippen LogP contribution < -0.4 is 10.5 Å². The Morgan fingerprint density at radius 3 is 2.67 bits per heavy atom. The van der Waals surface area contributed by atoms with Gasteiger partial charge in [0.2, 0.25) is 0 Å². The highest BCUT2D eigenvalue weighted by atomic mass is 16.5. The Kier molecular flexibility index (Phi) is 3.62. The summed E-state index contributed by atoms with van der Waals surface area (Å²) in [6.45, 7) is 0.636. The Morgan fingerprint density at radius 2 is 2.00 bits per heavy atom. The van der Waals surface area contributed by atoms with Crippen LogP contribution in [0.25, 0.3) is 0 Å². The van der Waals surface area contributed by atoms with Crippen LogP contribution in [0.3, 0.4) is 0 Å². The first-order valence-electron chi connectivity index (χ1n) is 5.78. The van der Waals surface area contributed by atoms with E-state index in [0.717, 1.165) is 18.1 Å². The van der Waals surface area contributed by atoms with Gasteiger partial charge in [-0.2, -0.15) is 0 Å². The lowest BCUT2D eigenvalue weighted by molar-refractivity contribution is 0.278. The lowest BCUT2D eigenvalue weighted by atomic mass is 10.1. The molecule has 0 heterocycles. The second-order valence-electron chi connectivity index (χ2n) is 4.40. The molecule has 0 radical (unpaired) electrons. The summed E-state index contributed by atoms with van der Waals surface area (Å²) in [5.41, 5.74) is 5.97. The topological polar surface area (TPSA) is 35.2 Å². The molecular formula is C13H19NO. The molecule has 0 bridgehead atoms. The van der Waals surface area contributed by atoms with Crippen LogP contribution in [0, 0.1) is 5.92 Å². The molecule has 0 aliphatic heterocycles. The van der Waals surface area contributed by atoms with Crippen molar-refractivity contribution in [1.82, 2.24) is 0 Å². The summed E-state index contributed by atoms with van der Waals surface area (Å²) in [6, 6.07) is 10.1. The van der Waals surface area contributed by atoms with Crippen molar-refractivity contribution < 1.29 is 4.74 Å². The van der Waals surface area contributed by atoms with Crippen molar-refractivity contribution in [3.8, 4) is 5.75 Å². The van der Waals surface area contributed by atoms with Crippen LogP contribution in [-0.4, -0.2) is 12.6 Å². The maximum Gasteiger partial charge on any atom is 0.119 e. The average molecular weight is 205 g/mol. The Morgan fingerprint density at radius 1 is 1.27 bits per heavy atom. The van der Waals surface area contributed by atoms with E-state index in [-0.39, 0.29) is 6.04 Å². The molecule has 0 amide bonds. The Hall–Kier alpha value is -1.02. The maximum absolute atomic E-state index is 5.97. The van der Waals surface area contributed by atoms with Crippen molar-refractivity contribution in [2.45, 2.75) is 31.7 Å². The molecule has 82 valence electrons. The minimum Gasteiger partial charge on any atom is -0.492 e. The molecule has 0 spiro atoms. The molecule has 15 heavy (non-hydrogen) atoms. The quantitative estimate of drug-likeness (QED) is 0.774. The third-order valence-corrected chi connectivity index (χ3v) is 2.85. The molecule has 2 N–H and O–H groups in total. The Bertz CT molecular complexity index is 282. The van der Waals surface area contributed by atoms with Gasteiger partial charge in [0.1, 0.15) is 12.4 Å². The van der Waals surface area contributed by atoms with E-state index in [2.05, 4.69) is 0 Å². The Balaban J connectivity index is 1.63. The van der Waals surface area contributed by atoms with Gasteiger partial charge in [0.05, 0.1) is 0 Å². The number of nitrogens with two attached hydrogens (primary N) is 1. The van der Waals surface area contributed by atoms with Gasteiger partial charge < -0.3 is 10.5 Å². The molecule has 1 atom stereocenters. The SMILES string of the molecule is NC(CCC1CC1)COc1ccccc1. The average Bonchev–Trinajstić information content (AvgIpc) is 3.09. The van der Waals surface area contributed by atoms with E-state index in [4.69, 9.17) is 10.5 Å². The number of benzene rings is 1. The monoisotopic (exact) mass is 205 g/mol. The van der Waals surface area contributed by atoms with Crippen molar-refractivity contribution in [3.05, 3.63) is 30.3 Å². The molecule has 1 aliphatic carbocycles. The first-order valence-corrected chi connectivity index (χ1v) is 5.78. The number of ether oxygens (including phenoxy) is 1. The van der Waals surface area contributed by atoms with Crippen LogP contribution in [0.1, 0.15) is 25.7 Å². The van der Waals surface area contributed by atoms with Gasteiger partial charge in [0.25, 0.3) is 0 Å². The van der Waals surface area contributed by atoms with E-state index in [9.17, 15) is 0 Å². The molecule has 0 aromatic heterocycles. The van der Waals surface area contributed by atoms with E-state index < -0.39 is 0 Å². The highest BCUT2D eigenvalue weighted by molar-refractivity contribution is 5.20. The summed E-state index contributed by atoms with van der Waals surface area (Å²) < 4.78 is 5.60. The first kappa shape index (κ1) is 10.5. The molecule has 1 unspecified atom stereocenters. The Labute approximate surface area is 91.4 Å². The van der Waals surface area contributed by atoms with Crippen molar-refractivity contribution in [1.29, 1.82) is 0 Å². The van der Waals surface area contributed by atoms with Gasteiger partial charge in [-0.05, 0) is 30.9 Å². The van der Waals surface area contributed by atoms with Gasteiger partial charge in [0, 0.05) is 6.04 Å². The molecule has 1 aromatic carbocycles. The van der Waals surface area contributed by atoms with Gasteiger partial charge in [-0.1, -0.05) is 31.0 Å². The summed E-state index contributed by atoms with van der Waals surface area (Å²) in [4.78, 5) is 0. The van der Waals surface area contributed by atoms with E-state index in [1.807, 2.05) is 30.3 Å². The highest BCUT2D eigenvalue weighted by Gasteiger charge is 2.21. The van der Waals surface area contributed by atoms with E-state index in [0.29, 0.717) is 6.61 Å². The first-order chi connectivity index (χ1) is 7.34. The predicted octanol–water partition coefficient (Wildman–Crippen LogP) is 2.58. The van der Waals surface area contributed by atoms with Crippen LogP contribution in [-0.2, 0) is 0 Å². The second-order valence-corrected chi connectivity index (χ2v) is 4.40. The second kappa shape index (κ2) is 5.17. The number of hydrogen-bond donors (Lipinski definition) is 1. The van der Waals surface area contributed by atoms with Crippen LogP contribution in [0.5, 0.6) is 5.75 Å². The van der Waals surface area contributed by atoms with Gasteiger partial charge >= 0.3 is 0 Å². The predicted molar refractivity (Wildman–Crippen MR) is 61.9 cm³/mol. The molecule has 1 aromatic rings. The number of hydrogen-bond acceptors (Lipinski definition) is 2. The largest absolute Gasteiger partial charge is 0.492 e. The molecule has 0 saturated heterocycles. The van der Waals surface area contributed by atoms with Crippen molar-refractivity contribution in [2.24, 2.45) is 11.7 Å². The summed E-state index contributed by atoms with van der Waals surface area (Å²) in [5, 5.41) is 0. The van der Waals surface area contributed by atoms with Gasteiger partial charge in [-0.25, -0.2) is 0 Å². The third kappa shape index (κ3) is 3.92. The minimum atomic E-state index is 0.186. The molecule has 1 fully saturated rings. The van der Waals surface area contributed by atoms with Crippen molar-refractivity contribution in [2.75, 3.05) is 6.61 Å². The van der Waals surface area contributed by atoms with Crippen molar-refractivity contribution >= 4 is 0 Å². The highest BCUT2D eigenvalue weighted by Crippen LogP contribution is 2.33. The van der Waals surface area contributed by atoms with Crippen molar-refractivity contribution in [3.63, 3.8) is 0 Å². The fraction of sp³-hybridized carbons (Fsp3) is 0.538. The lowest BCUT2D eigenvalue weighted by Gasteiger charge is -2.12. The number of rotatable bonds is 6.